The topological polar surface area (TPSA) is 61.8 Å². The predicted molar refractivity (Wildman–Crippen MR) is 96.4 cm³/mol. The molecule has 0 radical (unpaired) electrons. The number of aryl methyl sites for hydroxylation is 2. The molecule has 2 aromatic carbocycles. The van der Waals surface area contributed by atoms with Crippen LogP contribution in [-0.4, -0.2) is 27.3 Å². The molecule has 0 bridgehead atoms. The molecule has 4 rings (SSSR count). The molecule has 5 nitrogen and oxygen atoms in total. The zero-order chi connectivity index (χ0) is 17.6. The van der Waals surface area contributed by atoms with Crippen LogP contribution in [0.4, 0.5) is 15.8 Å². The van der Waals surface area contributed by atoms with E-state index in [4.69, 9.17) is 0 Å². The first-order valence-electron chi connectivity index (χ1n) is 8.18. The van der Waals surface area contributed by atoms with E-state index in [0.717, 1.165) is 24.0 Å². The summed E-state index contributed by atoms with van der Waals surface area (Å²) in [5.74, 6) is 0.0425. The number of benzene rings is 2. The summed E-state index contributed by atoms with van der Waals surface area (Å²) in [5.41, 5.74) is 2.91. The lowest BCUT2D eigenvalue weighted by atomic mass is 9.99. The van der Waals surface area contributed by atoms with E-state index in [1.54, 1.807) is 18.2 Å². The second-order valence-corrected chi connectivity index (χ2v) is 7.99. The monoisotopic (exact) mass is 359 g/mol. The molecule has 0 saturated heterocycles. The van der Waals surface area contributed by atoms with Gasteiger partial charge >= 0.3 is 0 Å². The molecule has 7 heteroatoms. The fourth-order valence-electron chi connectivity index (χ4n) is 3.50. The standard InChI is InChI=1S/C18H18FN3O2S/c1-12-9-13-5-4-8-22(18(13)14(19)10-12)11-17-20-15-6-2-3-7-16(15)25(23,24)21-17/h2-3,6-7,9-10H,4-5,8,11H2,1H3,(H,20,21). The Kier molecular flexibility index (Phi) is 3.76. The summed E-state index contributed by atoms with van der Waals surface area (Å²) < 4.78 is 43.1. The molecule has 0 saturated carbocycles. The van der Waals surface area contributed by atoms with Crippen molar-refractivity contribution < 1.29 is 12.8 Å². The predicted octanol–water partition coefficient (Wildman–Crippen LogP) is 3.10. The minimum Gasteiger partial charge on any atom is -0.361 e. The van der Waals surface area contributed by atoms with Gasteiger partial charge in [-0.1, -0.05) is 18.2 Å². The maximum absolute atomic E-state index is 14.5. The Morgan fingerprint density at radius 2 is 2.08 bits per heavy atom. The Morgan fingerprint density at radius 3 is 2.92 bits per heavy atom. The van der Waals surface area contributed by atoms with Gasteiger partial charge in [0, 0.05) is 6.54 Å². The van der Waals surface area contributed by atoms with Crippen molar-refractivity contribution >= 4 is 27.2 Å². The quantitative estimate of drug-likeness (QED) is 0.895. The highest BCUT2D eigenvalue weighted by atomic mass is 32.2. The molecule has 0 spiro atoms. The van der Waals surface area contributed by atoms with E-state index in [9.17, 15) is 12.8 Å². The summed E-state index contributed by atoms with van der Waals surface area (Å²) >= 11 is 0. The van der Waals surface area contributed by atoms with E-state index in [0.29, 0.717) is 23.8 Å². The smallest absolute Gasteiger partial charge is 0.286 e. The number of fused-ring (bicyclic) bond motifs is 2. The molecule has 130 valence electrons. The molecule has 1 N–H and O–H groups in total. The number of hydrogen-bond donors (Lipinski definition) is 1. The largest absolute Gasteiger partial charge is 0.361 e. The average molecular weight is 359 g/mol. The zero-order valence-corrected chi connectivity index (χ0v) is 14.6. The van der Waals surface area contributed by atoms with Gasteiger partial charge in [0.1, 0.15) is 16.5 Å². The lowest BCUT2D eigenvalue weighted by Crippen LogP contribution is -2.39. The zero-order valence-electron chi connectivity index (χ0n) is 13.8. The van der Waals surface area contributed by atoms with Gasteiger partial charge in [-0.05, 0) is 49.1 Å². The van der Waals surface area contributed by atoms with Crippen molar-refractivity contribution in [2.24, 2.45) is 4.40 Å². The van der Waals surface area contributed by atoms with Crippen molar-refractivity contribution in [2.75, 3.05) is 23.3 Å². The summed E-state index contributed by atoms with van der Waals surface area (Å²) in [6.07, 6.45) is 1.72. The molecule has 0 amide bonds. The van der Waals surface area contributed by atoms with Gasteiger partial charge in [0.15, 0.2) is 0 Å². The van der Waals surface area contributed by atoms with Gasteiger partial charge in [-0.2, -0.15) is 8.42 Å². The number of amidine groups is 1. The number of hydrogen-bond acceptors (Lipinski definition) is 4. The Labute approximate surface area is 146 Å². The average Bonchev–Trinajstić information content (AvgIpc) is 2.54. The molecule has 2 aliphatic rings. The summed E-state index contributed by atoms with van der Waals surface area (Å²) in [6.45, 7) is 2.76. The summed E-state index contributed by atoms with van der Waals surface area (Å²) in [6, 6.07) is 10.2. The first-order chi connectivity index (χ1) is 11.9. The maximum Gasteiger partial charge on any atom is 0.286 e. The van der Waals surface area contributed by atoms with Crippen molar-refractivity contribution in [1.29, 1.82) is 0 Å². The second-order valence-electron chi connectivity index (χ2n) is 6.41. The molecule has 0 aromatic heterocycles. The van der Waals surface area contributed by atoms with Gasteiger partial charge in [0.25, 0.3) is 10.0 Å². The van der Waals surface area contributed by atoms with Crippen LogP contribution in [0.15, 0.2) is 45.7 Å². The third-order valence-corrected chi connectivity index (χ3v) is 5.86. The fourth-order valence-corrected chi connectivity index (χ4v) is 4.64. The van der Waals surface area contributed by atoms with Gasteiger partial charge in [0.2, 0.25) is 0 Å². The van der Waals surface area contributed by atoms with E-state index in [1.807, 2.05) is 17.9 Å². The van der Waals surface area contributed by atoms with Gasteiger partial charge in [0.05, 0.1) is 17.9 Å². The van der Waals surface area contributed by atoms with Gasteiger partial charge in [-0.3, -0.25) is 0 Å². The van der Waals surface area contributed by atoms with E-state index in [2.05, 4.69) is 9.71 Å². The lowest BCUT2D eigenvalue weighted by Gasteiger charge is -2.33. The number of sulfonamides is 1. The lowest BCUT2D eigenvalue weighted by molar-refractivity contribution is 0.597. The maximum atomic E-state index is 14.5. The Bertz CT molecular complexity index is 986. The van der Waals surface area contributed by atoms with Crippen molar-refractivity contribution in [3.05, 3.63) is 53.3 Å². The van der Waals surface area contributed by atoms with Crippen molar-refractivity contribution in [2.45, 2.75) is 24.7 Å². The normalized spacial score (nSPS) is 18.0. The van der Waals surface area contributed by atoms with Crippen molar-refractivity contribution in [3.8, 4) is 0 Å². The van der Waals surface area contributed by atoms with Crippen LogP contribution < -0.4 is 10.2 Å². The number of nitrogens with zero attached hydrogens (tertiary/aromatic N) is 2. The van der Waals surface area contributed by atoms with Gasteiger partial charge in [-0.15, -0.1) is 4.40 Å². The third-order valence-electron chi connectivity index (χ3n) is 4.49. The second kappa shape index (κ2) is 5.84. The highest BCUT2D eigenvalue weighted by Gasteiger charge is 2.27. The van der Waals surface area contributed by atoms with Gasteiger partial charge in [-0.25, -0.2) is 4.39 Å². The fraction of sp³-hybridized carbons (Fsp3) is 0.278. The Hall–Kier alpha value is -2.41. The van der Waals surface area contributed by atoms with E-state index < -0.39 is 10.0 Å². The summed E-state index contributed by atoms with van der Waals surface area (Å²) in [4.78, 5) is 2.03. The number of para-hydroxylation sites is 1. The van der Waals surface area contributed by atoms with Crippen LogP contribution in [0, 0.1) is 12.7 Å². The minimum absolute atomic E-state index is 0.166. The molecule has 0 fully saturated rings. The van der Waals surface area contributed by atoms with Crippen molar-refractivity contribution in [1.82, 2.24) is 0 Å². The van der Waals surface area contributed by atoms with Crippen LogP contribution >= 0.6 is 0 Å². The van der Waals surface area contributed by atoms with Crippen LogP contribution in [0.5, 0.6) is 0 Å². The number of halogens is 1. The SMILES string of the molecule is Cc1cc(F)c2c(c1)CCCN2CC1=NS(=O)(=O)c2ccccc2N1. The van der Waals surface area contributed by atoms with Crippen LogP contribution in [0.25, 0.3) is 0 Å². The Balaban J connectivity index is 1.68. The minimum atomic E-state index is -3.73. The first-order valence-corrected chi connectivity index (χ1v) is 9.62. The molecule has 2 aliphatic heterocycles. The van der Waals surface area contributed by atoms with E-state index in [-0.39, 0.29) is 17.3 Å². The molecule has 0 aliphatic carbocycles. The number of anilines is 2. The summed E-state index contributed by atoms with van der Waals surface area (Å²) in [5, 5.41) is 3.07. The summed E-state index contributed by atoms with van der Waals surface area (Å²) in [7, 11) is -3.73. The molecule has 2 aromatic rings. The Morgan fingerprint density at radius 1 is 1.28 bits per heavy atom. The molecular weight excluding hydrogens is 341 g/mol. The molecular formula is C18H18FN3O2S. The van der Waals surface area contributed by atoms with Crippen LogP contribution in [0.1, 0.15) is 17.5 Å². The van der Waals surface area contributed by atoms with E-state index >= 15 is 0 Å². The molecule has 0 unspecified atom stereocenters. The third kappa shape index (κ3) is 2.89. The van der Waals surface area contributed by atoms with Crippen LogP contribution in [0.2, 0.25) is 0 Å². The van der Waals surface area contributed by atoms with Crippen LogP contribution in [-0.2, 0) is 16.4 Å². The van der Waals surface area contributed by atoms with E-state index in [1.165, 1.54) is 12.1 Å². The van der Waals surface area contributed by atoms with Gasteiger partial charge < -0.3 is 10.2 Å². The molecule has 0 atom stereocenters. The number of nitrogens with one attached hydrogen (secondary N) is 1. The van der Waals surface area contributed by atoms with Crippen molar-refractivity contribution in [3.63, 3.8) is 0 Å². The molecule has 2 heterocycles. The number of rotatable bonds is 2. The highest BCUT2D eigenvalue weighted by Crippen LogP contribution is 2.32. The van der Waals surface area contributed by atoms with Crippen LogP contribution in [0.3, 0.4) is 0 Å². The first kappa shape index (κ1) is 16.1. The highest BCUT2D eigenvalue weighted by molar-refractivity contribution is 7.90. The molecule has 25 heavy (non-hydrogen) atoms.